The predicted octanol–water partition coefficient (Wildman–Crippen LogP) is 6.84. The van der Waals surface area contributed by atoms with Gasteiger partial charge in [-0.2, -0.15) is 0 Å². The molecule has 0 saturated carbocycles. The Morgan fingerprint density at radius 1 is 0.957 bits per heavy atom. The van der Waals surface area contributed by atoms with Crippen LogP contribution in [0.1, 0.15) is 93.9 Å². The highest BCUT2D eigenvalue weighted by Gasteiger charge is 2.32. The Morgan fingerprint density at radius 2 is 1.61 bits per heavy atom. The van der Waals surface area contributed by atoms with Gasteiger partial charge in [-0.05, 0) is 75.6 Å². The zero-order valence-corrected chi connectivity index (χ0v) is 16.1. The lowest BCUT2D eigenvalue weighted by molar-refractivity contribution is 0.0523. The fourth-order valence-electron chi connectivity index (χ4n) is 3.87. The molecule has 1 heterocycles. The van der Waals surface area contributed by atoms with E-state index in [0.29, 0.717) is 0 Å². The van der Waals surface area contributed by atoms with Crippen molar-refractivity contribution in [3.05, 3.63) is 28.3 Å². The van der Waals surface area contributed by atoms with E-state index in [0.717, 1.165) is 0 Å². The molecule has 2 rings (SSSR count). The molecule has 0 aromatic heterocycles. The van der Waals surface area contributed by atoms with Crippen LogP contribution < -0.4 is 4.74 Å². The summed E-state index contributed by atoms with van der Waals surface area (Å²) in [6.45, 7) is 11.3. The fourth-order valence-corrected chi connectivity index (χ4v) is 3.87. The number of ether oxygens (including phenoxy) is 1. The Hall–Kier alpha value is -0.980. The topological polar surface area (TPSA) is 9.23 Å². The lowest BCUT2D eigenvalue weighted by atomic mass is 9.85. The van der Waals surface area contributed by atoms with Crippen molar-refractivity contribution in [2.24, 2.45) is 0 Å². The molecule has 0 radical (unpaired) electrons. The van der Waals surface area contributed by atoms with Crippen molar-refractivity contribution < 1.29 is 4.74 Å². The molecule has 0 fully saturated rings. The largest absolute Gasteiger partial charge is 0.487 e. The minimum atomic E-state index is 0.0431. The van der Waals surface area contributed by atoms with Gasteiger partial charge >= 0.3 is 0 Å². The number of fused-ring (bicyclic) bond motifs is 1. The van der Waals surface area contributed by atoms with Gasteiger partial charge in [0.15, 0.2) is 0 Å². The first kappa shape index (κ1) is 18.4. The van der Waals surface area contributed by atoms with Gasteiger partial charge < -0.3 is 4.74 Å². The Bertz CT molecular complexity index is 517. The number of hydrogen-bond donors (Lipinski definition) is 0. The van der Waals surface area contributed by atoms with Crippen LogP contribution in [-0.2, 0) is 6.42 Å². The van der Waals surface area contributed by atoms with Gasteiger partial charge in [-0.3, -0.25) is 0 Å². The Balaban J connectivity index is 1.88. The molecule has 1 aromatic rings. The van der Waals surface area contributed by atoms with Gasteiger partial charge in [-0.15, -0.1) is 0 Å². The summed E-state index contributed by atoms with van der Waals surface area (Å²) in [5, 5.41) is 0. The van der Waals surface area contributed by atoms with Crippen molar-refractivity contribution in [3.8, 4) is 5.75 Å². The molecule has 0 amide bonds. The highest BCUT2D eigenvalue weighted by Crippen LogP contribution is 2.40. The summed E-state index contributed by atoms with van der Waals surface area (Å²) in [5.74, 6) is 1.19. The number of benzene rings is 1. The molecule has 130 valence electrons. The van der Waals surface area contributed by atoms with Gasteiger partial charge in [-0.1, -0.05) is 51.5 Å². The molecule has 23 heavy (non-hydrogen) atoms. The summed E-state index contributed by atoms with van der Waals surface area (Å²) in [6.07, 6.45) is 13.2. The fraction of sp³-hybridized carbons (Fsp3) is 0.727. The van der Waals surface area contributed by atoms with Gasteiger partial charge in [0.05, 0.1) is 0 Å². The molecule has 0 saturated heterocycles. The molecule has 1 atom stereocenters. The summed E-state index contributed by atoms with van der Waals surface area (Å²) < 4.78 is 6.56. The second kappa shape index (κ2) is 8.22. The predicted molar refractivity (Wildman–Crippen MR) is 101 cm³/mol. The highest BCUT2D eigenvalue weighted by molar-refractivity contribution is 5.51. The monoisotopic (exact) mass is 316 g/mol. The van der Waals surface area contributed by atoms with Crippen LogP contribution in [0, 0.1) is 20.8 Å². The van der Waals surface area contributed by atoms with E-state index in [1.165, 1.54) is 92.2 Å². The first-order valence-electron chi connectivity index (χ1n) is 9.75. The molecule has 0 bridgehead atoms. The van der Waals surface area contributed by atoms with Crippen LogP contribution in [0.15, 0.2) is 6.07 Å². The van der Waals surface area contributed by atoms with Crippen LogP contribution in [-0.4, -0.2) is 5.60 Å². The smallest absolute Gasteiger partial charge is 0.126 e. The zero-order chi connectivity index (χ0) is 16.9. The van der Waals surface area contributed by atoms with Crippen molar-refractivity contribution in [3.63, 3.8) is 0 Å². The standard InChI is InChI=1S/C22H36O/c1-6-7-8-9-10-11-12-14-22(5)15-13-20-18(3)16-17(2)19(4)21(20)23-22/h16H,6-15H2,1-5H3. The number of rotatable bonds is 8. The third kappa shape index (κ3) is 4.75. The molecular weight excluding hydrogens is 280 g/mol. The maximum atomic E-state index is 6.56. The van der Waals surface area contributed by atoms with Crippen molar-refractivity contribution in [2.45, 2.75) is 104 Å². The van der Waals surface area contributed by atoms with E-state index in [9.17, 15) is 0 Å². The summed E-state index contributed by atoms with van der Waals surface area (Å²) >= 11 is 0. The molecule has 1 aliphatic rings. The minimum absolute atomic E-state index is 0.0431. The molecule has 0 spiro atoms. The van der Waals surface area contributed by atoms with Crippen LogP contribution in [0.4, 0.5) is 0 Å². The van der Waals surface area contributed by atoms with Crippen LogP contribution >= 0.6 is 0 Å². The maximum Gasteiger partial charge on any atom is 0.126 e. The van der Waals surface area contributed by atoms with Crippen molar-refractivity contribution in [1.29, 1.82) is 0 Å². The van der Waals surface area contributed by atoms with Crippen molar-refractivity contribution in [2.75, 3.05) is 0 Å². The lowest BCUT2D eigenvalue weighted by Crippen LogP contribution is -2.37. The van der Waals surface area contributed by atoms with Crippen LogP contribution in [0.2, 0.25) is 0 Å². The van der Waals surface area contributed by atoms with Gasteiger partial charge in [-0.25, -0.2) is 0 Å². The van der Waals surface area contributed by atoms with Gasteiger partial charge in [0.2, 0.25) is 0 Å². The van der Waals surface area contributed by atoms with Gasteiger partial charge in [0.25, 0.3) is 0 Å². The van der Waals surface area contributed by atoms with Crippen LogP contribution in [0.5, 0.6) is 5.75 Å². The Kier molecular flexibility index (Phi) is 6.56. The molecule has 1 aromatic carbocycles. The average Bonchev–Trinajstić information content (AvgIpc) is 2.52. The number of aryl methyl sites for hydroxylation is 2. The highest BCUT2D eigenvalue weighted by atomic mass is 16.5. The van der Waals surface area contributed by atoms with E-state index < -0.39 is 0 Å². The molecule has 1 aliphatic heterocycles. The van der Waals surface area contributed by atoms with Gasteiger partial charge in [0, 0.05) is 0 Å². The number of unbranched alkanes of at least 4 members (excludes halogenated alkanes) is 6. The van der Waals surface area contributed by atoms with E-state index in [4.69, 9.17) is 4.74 Å². The van der Waals surface area contributed by atoms with E-state index in [1.807, 2.05) is 0 Å². The summed E-state index contributed by atoms with van der Waals surface area (Å²) in [7, 11) is 0. The van der Waals surface area contributed by atoms with Crippen LogP contribution in [0.3, 0.4) is 0 Å². The minimum Gasteiger partial charge on any atom is -0.487 e. The summed E-state index contributed by atoms with van der Waals surface area (Å²) in [4.78, 5) is 0. The van der Waals surface area contributed by atoms with E-state index >= 15 is 0 Å². The first-order valence-corrected chi connectivity index (χ1v) is 9.75. The van der Waals surface area contributed by atoms with Crippen molar-refractivity contribution >= 4 is 0 Å². The maximum absolute atomic E-state index is 6.56. The normalized spacial score (nSPS) is 20.2. The Labute approximate surface area is 143 Å². The molecular formula is C22H36O. The first-order chi connectivity index (χ1) is 11.0. The molecule has 0 aliphatic carbocycles. The molecule has 1 heteroatoms. The Morgan fingerprint density at radius 3 is 2.30 bits per heavy atom. The molecule has 0 N–H and O–H groups in total. The third-order valence-electron chi connectivity index (χ3n) is 5.68. The SMILES string of the molecule is CCCCCCCCCC1(C)CCc2c(C)cc(C)c(C)c2O1. The third-order valence-corrected chi connectivity index (χ3v) is 5.68. The summed E-state index contributed by atoms with van der Waals surface area (Å²) in [5.41, 5.74) is 5.60. The van der Waals surface area contributed by atoms with Gasteiger partial charge in [0.1, 0.15) is 11.4 Å². The quantitative estimate of drug-likeness (QED) is 0.477. The van der Waals surface area contributed by atoms with Crippen molar-refractivity contribution in [1.82, 2.24) is 0 Å². The summed E-state index contributed by atoms with van der Waals surface area (Å²) in [6, 6.07) is 2.32. The lowest BCUT2D eigenvalue weighted by Gasteiger charge is -2.38. The second-order valence-electron chi connectivity index (χ2n) is 7.87. The average molecular weight is 317 g/mol. The van der Waals surface area contributed by atoms with E-state index in [2.05, 4.69) is 40.7 Å². The molecule has 1 unspecified atom stereocenters. The van der Waals surface area contributed by atoms with E-state index in [1.54, 1.807) is 0 Å². The zero-order valence-electron chi connectivity index (χ0n) is 16.1. The van der Waals surface area contributed by atoms with E-state index in [-0.39, 0.29) is 5.60 Å². The second-order valence-corrected chi connectivity index (χ2v) is 7.87. The number of hydrogen-bond acceptors (Lipinski definition) is 1. The van der Waals surface area contributed by atoms with Crippen LogP contribution in [0.25, 0.3) is 0 Å². The molecule has 1 nitrogen and oxygen atoms in total.